The van der Waals surface area contributed by atoms with Crippen molar-refractivity contribution in [1.82, 2.24) is 10.2 Å². The second-order valence-corrected chi connectivity index (χ2v) is 6.60. The van der Waals surface area contributed by atoms with Gasteiger partial charge in [0.1, 0.15) is 11.9 Å². The van der Waals surface area contributed by atoms with E-state index in [1.54, 1.807) is 19.2 Å². The van der Waals surface area contributed by atoms with Crippen LogP contribution in [0.15, 0.2) is 29.3 Å². The summed E-state index contributed by atoms with van der Waals surface area (Å²) in [6.45, 7) is 4.87. The molecule has 1 amide bonds. The lowest BCUT2D eigenvalue weighted by atomic mass is 9.95. The third kappa shape index (κ3) is 5.98. The largest absolute Gasteiger partial charge is 0.375 e. The molecule has 144 valence electrons. The fourth-order valence-electron chi connectivity index (χ4n) is 3.30. The van der Waals surface area contributed by atoms with E-state index in [2.05, 4.69) is 10.2 Å². The van der Waals surface area contributed by atoms with Crippen LogP contribution >= 0.6 is 0 Å². The van der Waals surface area contributed by atoms with Gasteiger partial charge in [0.15, 0.2) is 5.96 Å². The summed E-state index contributed by atoms with van der Waals surface area (Å²) in [6.07, 6.45) is 2.19. The van der Waals surface area contributed by atoms with E-state index in [0.29, 0.717) is 13.0 Å². The van der Waals surface area contributed by atoms with E-state index in [1.807, 2.05) is 6.92 Å². The Balaban J connectivity index is 2.06. The summed E-state index contributed by atoms with van der Waals surface area (Å²) < 4.78 is 18.6. The fraction of sp³-hybridized carbons (Fsp3) is 0.579. The molecule has 0 bridgehead atoms. The molecule has 1 heterocycles. The van der Waals surface area contributed by atoms with E-state index in [9.17, 15) is 9.18 Å². The monoisotopic (exact) mass is 364 g/mol. The normalized spacial score (nSPS) is 19.3. The van der Waals surface area contributed by atoms with Gasteiger partial charge < -0.3 is 20.7 Å². The molecular weight excluding hydrogens is 335 g/mol. The molecule has 0 aromatic heterocycles. The van der Waals surface area contributed by atoms with Crippen molar-refractivity contribution in [2.75, 3.05) is 33.3 Å². The molecule has 7 heteroatoms. The number of aliphatic imine (C=N–C) groups is 1. The summed E-state index contributed by atoms with van der Waals surface area (Å²) in [5.74, 6) is 0.551. The molecule has 26 heavy (non-hydrogen) atoms. The number of hydrogen-bond acceptors (Lipinski definition) is 3. The number of halogens is 1. The average molecular weight is 364 g/mol. The first-order valence-corrected chi connectivity index (χ1v) is 9.13. The van der Waals surface area contributed by atoms with Crippen molar-refractivity contribution >= 4 is 11.9 Å². The molecule has 1 fully saturated rings. The minimum Gasteiger partial charge on any atom is -0.375 e. The molecular formula is C19H29FN4O2. The second-order valence-electron chi connectivity index (χ2n) is 6.60. The van der Waals surface area contributed by atoms with Gasteiger partial charge in [-0.1, -0.05) is 12.1 Å². The highest BCUT2D eigenvalue weighted by molar-refractivity contribution is 5.80. The minimum atomic E-state index is -0.269. The van der Waals surface area contributed by atoms with E-state index in [4.69, 9.17) is 15.5 Å². The molecule has 0 radical (unpaired) electrons. The van der Waals surface area contributed by atoms with Crippen LogP contribution in [0.25, 0.3) is 0 Å². The number of piperidine rings is 1. The van der Waals surface area contributed by atoms with Gasteiger partial charge in [-0.05, 0) is 43.4 Å². The number of amides is 1. The third-order valence-electron chi connectivity index (χ3n) is 4.58. The lowest BCUT2D eigenvalue weighted by Crippen LogP contribution is -2.47. The summed E-state index contributed by atoms with van der Waals surface area (Å²) in [5.41, 5.74) is 6.24. The van der Waals surface area contributed by atoms with Crippen molar-refractivity contribution in [1.29, 1.82) is 0 Å². The number of carbonyl (C=O) groups is 1. The number of hydrogen-bond donors (Lipinski definition) is 2. The summed E-state index contributed by atoms with van der Waals surface area (Å²) in [4.78, 5) is 18.1. The molecule has 1 aliphatic heterocycles. The zero-order valence-electron chi connectivity index (χ0n) is 15.6. The van der Waals surface area contributed by atoms with Crippen LogP contribution in [0.1, 0.15) is 37.9 Å². The highest BCUT2D eigenvalue weighted by Crippen LogP contribution is 2.21. The summed E-state index contributed by atoms with van der Waals surface area (Å²) in [6, 6.07) is 6.29. The van der Waals surface area contributed by atoms with E-state index < -0.39 is 0 Å². The number of methoxy groups -OCH3 is 1. The Kier molecular flexibility index (Phi) is 7.84. The lowest BCUT2D eigenvalue weighted by Gasteiger charge is -2.34. The van der Waals surface area contributed by atoms with Crippen LogP contribution in [0.3, 0.4) is 0 Å². The standard InChI is InChI=1S/C19H29FN4O2/c1-3-22-19(24-10-4-5-14(13-24)11-18(21)25)23-12-17(26-2)15-6-8-16(20)9-7-15/h6-9,14,17H,3-5,10-13H2,1-2H3,(H2,21,25)(H,22,23). The van der Waals surface area contributed by atoms with E-state index >= 15 is 0 Å². The topological polar surface area (TPSA) is 80.0 Å². The van der Waals surface area contributed by atoms with Crippen LogP contribution in [0.4, 0.5) is 4.39 Å². The number of nitrogens with zero attached hydrogens (tertiary/aromatic N) is 2. The Bertz CT molecular complexity index is 606. The number of primary amides is 1. The Hall–Kier alpha value is -2.15. The van der Waals surface area contributed by atoms with Gasteiger partial charge in [-0.2, -0.15) is 0 Å². The molecule has 0 aliphatic carbocycles. The molecule has 0 saturated carbocycles. The van der Waals surface area contributed by atoms with Crippen molar-refractivity contribution < 1.29 is 13.9 Å². The Morgan fingerprint density at radius 3 is 2.81 bits per heavy atom. The Morgan fingerprint density at radius 2 is 2.19 bits per heavy atom. The number of likely N-dealkylation sites (tertiary alicyclic amines) is 1. The summed E-state index contributed by atoms with van der Waals surface area (Å²) in [7, 11) is 1.63. The molecule has 1 saturated heterocycles. The molecule has 1 aromatic carbocycles. The summed E-state index contributed by atoms with van der Waals surface area (Å²) >= 11 is 0. The van der Waals surface area contributed by atoms with Gasteiger partial charge in [0.25, 0.3) is 0 Å². The maximum atomic E-state index is 13.1. The maximum absolute atomic E-state index is 13.1. The number of nitrogens with one attached hydrogen (secondary N) is 1. The van der Waals surface area contributed by atoms with Gasteiger partial charge in [0, 0.05) is 33.2 Å². The van der Waals surface area contributed by atoms with E-state index in [-0.39, 0.29) is 23.7 Å². The van der Waals surface area contributed by atoms with Gasteiger partial charge in [-0.25, -0.2) is 4.39 Å². The predicted molar refractivity (Wildman–Crippen MR) is 100 cm³/mol. The second kappa shape index (κ2) is 10.1. The zero-order valence-corrected chi connectivity index (χ0v) is 15.6. The number of nitrogens with two attached hydrogens (primary N) is 1. The molecule has 2 rings (SSSR count). The SMILES string of the molecule is CCNC(=NCC(OC)c1ccc(F)cc1)N1CCCC(CC(N)=O)C1. The highest BCUT2D eigenvalue weighted by atomic mass is 19.1. The van der Waals surface area contributed by atoms with E-state index in [0.717, 1.165) is 44.0 Å². The number of benzene rings is 1. The zero-order chi connectivity index (χ0) is 18.9. The quantitative estimate of drug-likeness (QED) is 0.573. The third-order valence-corrected chi connectivity index (χ3v) is 4.58. The molecule has 1 aliphatic rings. The van der Waals surface area contributed by atoms with Gasteiger partial charge in [-0.15, -0.1) is 0 Å². The van der Waals surface area contributed by atoms with Crippen molar-refractivity contribution in [3.8, 4) is 0 Å². The van der Waals surface area contributed by atoms with Gasteiger partial charge in [0.05, 0.1) is 6.54 Å². The molecule has 0 spiro atoms. The fourth-order valence-corrected chi connectivity index (χ4v) is 3.30. The molecule has 3 N–H and O–H groups in total. The van der Waals surface area contributed by atoms with E-state index in [1.165, 1.54) is 12.1 Å². The van der Waals surface area contributed by atoms with Gasteiger partial charge in [-0.3, -0.25) is 9.79 Å². The number of ether oxygens (including phenoxy) is 1. The van der Waals surface area contributed by atoms with Crippen LogP contribution in [-0.2, 0) is 9.53 Å². The molecule has 1 aromatic rings. The van der Waals surface area contributed by atoms with Crippen LogP contribution in [0.2, 0.25) is 0 Å². The number of rotatable bonds is 7. The first kappa shape index (κ1) is 20.2. The smallest absolute Gasteiger partial charge is 0.217 e. The Morgan fingerprint density at radius 1 is 1.46 bits per heavy atom. The lowest BCUT2D eigenvalue weighted by molar-refractivity contribution is -0.119. The number of carbonyl (C=O) groups excluding carboxylic acids is 1. The van der Waals surface area contributed by atoms with Crippen molar-refractivity contribution in [3.05, 3.63) is 35.6 Å². The van der Waals surface area contributed by atoms with Crippen molar-refractivity contribution in [3.63, 3.8) is 0 Å². The van der Waals surface area contributed by atoms with Crippen molar-refractivity contribution in [2.24, 2.45) is 16.6 Å². The average Bonchev–Trinajstić information content (AvgIpc) is 2.62. The molecule has 6 nitrogen and oxygen atoms in total. The molecule has 2 unspecified atom stereocenters. The van der Waals surface area contributed by atoms with Crippen LogP contribution in [0, 0.1) is 11.7 Å². The first-order chi connectivity index (χ1) is 12.5. The predicted octanol–water partition coefficient (Wildman–Crippen LogP) is 2.07. The van der Waals surface area contributed by atoms with Crippen molar-refractivity contribution in [2.45, 2.75) is 32.3 Å². The minimum absolute atomic E-state index is 0.240. The van der Waals surface area contributed by atoms with Crippen LogP contribution in [-0.4, -0.2) is 50.1 Å². The molecule has 2 atom stereocenters. The van der Waals surface area contributed by atoms with Gasteiger partial charge in [0.2, 0.25) is 5.91 Å². The number of guanidine groups is 1. The van der Waals surface area contributed by atoms with Crippen LogP contribution in [0.5, 0.6) is 0 Å². The maximum Gasteiger partial charge on any atom is 0.217 e. The first-order valence-electron chi connectivity index (χ1n) is 9.13. The van der Waals surface area contributed by atoms with Crippen LogP contribution < -0.4 is 11.1 Å². The summed E-state index contributed by atoms with van der Waals surface area (Å²) in [5, 5.41) is 3.31. The Labute approximate surface area is 154 Å². The highest BCUT2D eigenvalue weighted by Gasteiger charge is 2.24. The van der Waals surface area contributed by atoms with Gasteiger partial charge >= 0.3 is 0 Å².